The van der Waals surface area contributed by atoms with Crippen molar-refractivity contribution in [1.82, 2.24) is 4.57 Å². The van der Waals surface area contributed by atoms with E-state index in [1.807, 2.05) is 19.2 Å². The summed E-state index contributed by atoms with van der Waals surface area (Å²) < 4.78 is 2.22. The molecule has 0 spiro atoms. The van der Waals surface area contributed by atoms with E-state index in [-0.39, 0.29) is 5.56 Å². The molecular formula is C9H10BrNO. The summed E-state index contributed by atoms with van der Waals surface area (Å²) in [7, 11) is 0. The second kappa shape index (κ2) is 3.72. The molecule has 0 atom stereocenters. The highest BCUT2D eigenvalue weighted by molar-refractivity contribution is 9.10. The molecule has 0 aliphatic heterocycles. The van der Waals surface area contributed by atoms with Crippen molar-refractivity contribution in [3.8, 4) is 0 Å². The smallest absolute Gasteiger partial charge is 0.265 e. The van der Waals surface area contributed by atoms with Crippen LogP contribution >= 0.6 is 15.9 Å². The van der Waals surface area contributed by atoms with Crippen LogP contribution in [0.4, 0.5) is 0 Å². The van der Waals surface area contributed by atoms with Gasteiger partial charge in [0, 0.05) is 12.7 Å². The molecule has 0 aromatic carbocycles. The Labute approximate surface area is 79.7 Å². The predicted molar refractivity (Wildman–Crippen MR) is 53.3 cm³/mol. The van der Waals surface area contributed by atoms with Crippen LogP contribution in [-0.2, 0) is 6.54 Å². The summed E-state index contributed by atoms with van der Waals surface area (Å²) in [5.41, 5.74) is 1.05. The molecular weight excluding hydrogens is 218 g/mol. The van der Waals surface area contributed by atoms with Crippen molar-refractivity contribution in [3.05, 3.63) is 45.3 Å². The number of hydrogen-bond acceptors (Lipinski definition) is 1. The number of rotatable bonds is 2. The quantitative estimate of drug-likeness (QED) is 0.710. The van der Waals surface area contributed by atoms with E-state index in [0.29, 0.717) is 11.0 Å². The highest BCUT2D eigenvalue weighted by Crippen LogP contribution is 2.05. The maximum atomic E-state index is 11.4. The fraction of sp³-hybridized carbons (Fsp3) is 0.222. The molecule has 0 saturated carbocycles. The van der Waals surface area contributed by atoms with Gasteiger partial charge in [0.1, 0.15) is 0 Å². The molecule has 0 aliphatic rings. The van der Waals surface area contributed by atoms with Crippen molar-refractivity contribution in [2.75, 3.05) is 0 Å². The van der Waals surface area contributed by atoms with Crippen LogP contribution in [0, 0.1) is 6.92 Å². The van der Waals surface area contributed by atoms with Crippen molar-refractivity contribution in [2.24, 2.45) is 0 Å². The third kappa shape index (κ3) is 1.85. The fourth-order valence-corrected chi connectivity index (χ4v) is 1.60. The van der Waals surface area contributed by atoms with Crippen LogP contribution in [0.5, 0.6) is 0 Å². The molecule has 0 amide bonds. The molecule has 12 heavy (non-hydrogen) atoms. The first-order valence-electron chi connectivity index (χ1n) is 3.62. The Bertz CT molecular complexity index is 354. The average Bonchev–Trinajstić information content (AvgIpc) is 2.00. The second-order valence-corrected chi connectivity index (χ2v) is 3.47. The molecule has 0 aliphatic carbocycles. The van der Waals surface area contributed by atoms with Crippen LogP contribution in [-0.4, -0.2) is 4.57 Å². The molecule has 2 nitrogen and oxygen atoms in total. The Morgan fingerprint density at radius 3 is 3.00 bits per heavy atom. The highest BCUT2D eigenvalue weighted by atomic mass is 79.9. The SMILES string of the molecule is C=CCn1cc(C)cc(Br)c1=O. The Morgan fingerprint density at radius 2 is 2.42 bits per heavy atom. The number of halogens is 1. The van der Waals surface area contributed by atoms with E-state index >= 15 is 0 Å². The lowest BCUT2D eigenvalue weighted by Gasteiger charge is -2.03. The molecule has 64 valence electrons. The van der Waals surface area contributed by atoms with Gasteiger partial charge in [0.05, 0.1) is 4.47 Å². The third-order valence-corrected chi connectivity index (χ3v) is 2.07. The normalized spacial score (nSPS) is 9.83. The molecule has 0 radical (unpaired) electrons. The van der Waals surface area contributed by atoms with E-state index in [9.17, 15) is 4.79 Å². The zero-order valence-corrected chi connectivity index (χ0v) is 8.47. The van der Waals surface area contributed by atoms with Crippen LogP contribution in [0.3, 0.4) is 0 Å². The third-order valence-electron chi connectivity index (χ3n) is 1.50. The first kappa shape index (κ1) is 9.26. The van der Waals surface area contributed by atoms with Gasteiger partial charge in [-0.3, -0.25) is 4.79 Å². The summed E-state index contributed by atoms with van der Waals surface area (Å²) in [6, 6.07) is 1.81. The minimum atomic E-state index is -0.0134. The maximum absolute atomic E-state index is 11.4. The van der Waals surface area contributed by atoms with E-state index < -0.39 is 0 Å². The van der Waals surface area contributed by atoms with Crippen molar-refractivity contribution in [2.45, 2.75) is 13.5 Å². The van der Waals surface area contributed by atoms with E-state index in [4.69, 9.17) is 0 Å². The minimum Gasteiger partial charge on any atom is -0.310 e. The van der Waals surface area contributed by atoms with Gasteiger partial charge in [-0.05, 0) is 34.5 Å². The summed E-state index contributed by atoms with van der Waals surface area (Å²) in [4.78, 5) is 11.4. The van der Waals surface area contributed by atoms with Crippen LogP contribution in [0.25, 0.3) is 0 Å². The van der Waals surface area contributed by atoms with Crippen molar-refractivity contribution >= 4 is 15.9 Å². The number of nitrogens with zero attached hydrogens (tertiary/aromatic N) is 1. The first-order chi connectivity index (χ1) is 5.65. The molecule has 0 unspecified atom stereocenters. The second-order valence-electron chi connectivity index (χ2n) is 2.61. The van der Waals surface area contributed by atoms with Gasteiger partial charge in [-0.15, -0.1) is 6.58 Å². The zero-order chi connectivity index (χ0) is 9.14. The number of pyridine rings is 1. The van der Waals surface area contributed by atoms with Crippen LogP contribution in [0.15, 0.2) is 34.2 Å². The van der Waals surface area contributed by atoms with Crippen molar-refractivity contribution < 1.29 is 0 Å². The molecule has 1 aromatic heterocycles. The molecule has 1 heterocycles. The van der Waals surface area contributed by atoms with Crippen molar-refractivity contribution in [1.29, 1.82) is 0 Å². The average molecular weight is 228 g/mol. The standard InChI is InChI=1S/C9H10BrNO/c1-3-4-11-6-7(2)5-8(10)9(11)12/h3,5-6H,1,4H2,2H3. The Kier molecular flexibility index (Phi) is 2.87. The van der Waals surface area contributed by atoms with Crippen molar-refractivity contribution in [3.63, 3.8) is 0 Å². The van der Waals surface area contributed by atoms with Crippen LogP contribution in [0.2, 0.25) is 0 Å². The van der Waals surface area contributed by atoms with Gasteiger partial charge in [0.25, 0.3) is 5.56 Å². The lowest BCUT2D eigenvalue weighted by Crippen LogP contribution is -2.19. The Hall–Kier alpha value is -0.830. The number of hydrogen-bond donors (Lipinski definition) is 0. The first-order valence-corrected chi connectivity index (χ1v) is 4.42. The molecule has 0 fully saturated rings. The topological polar surface area (TPSA) is 22.0 Å². The van der Waals surface area contributed by atoms with Gasteiger partial charge in [0.15, 0.2) is 0 Å². The van der Waals surface area contributed by atoms with E-state index in [2.05, 4.69) is 22.5 Å². The van der Waals surface area contributed by atoms with Crippen LogP contribution in [0.1, 0.15) is 5.56 Å². The molecule has 1 aromatic rings. The van der Waals surface area contributed by atoms with Gasteiger partial charge < -0.3 is 4.57 Å². The Morgan fingerprint density at radius 1 is 1.75 bits per heavy atom. The van der Waals surface area contributed by atoms with Crippen LogP contribution < -0.4 is 5.56 Å². The van der Waals surface area contributed by atoms with Gasteiger partial charge in [0.2, 0.25) is 0 Å². The molecule has 0 saturated heterocycles. The van der Waals surface area contributed by atoms with Gasteiger partial charge in [-0.2, -0.15) is 0 Å². The van der Waals surface area contributed by atoms with E-state index in [1.165, 1.54) is 0 Å². The lowest BCUT2D eigenvalue weighted by atomic mass is 10.3. The fourth-order valence-electron chi connectivity index (χ4n) is 1.02. The Balaban J connectivity index is 3.27. The highest BCUT2D eigenvalue weighted by Gasteiger charge is 1.99. The minimum absolute atomic E-state index is 0.0134. The lowest BCUT2D eigenvalue weighted by molar-refractivity contribution is 0.769. The molecule has 0 bridgehead atoms. The maximum Gasteiger partial charge on any atom is 0.265 e. The summed E-state index contributed by atoms with van der Waals surface area (Å²) >= 11 is 3.20. The largest absolute Gasteiger partial charge is 0.310 e. The summed E-state index contributed by atoms with van der Waals surface area (Å²) in [6.45, 7) is 6.08. The predicted octanol–water partition coefficient (Wildman–Crippen LogP) is 2.11. The molecule has 1 rings (SSSR count). The number of aromatic nitrogens is 1. The number of aryl methyl sites for hydroxylation is 1. The van der Waals surface area contributed by atoms with Gasteiger partial charge >= 0.3 is 0 Å². The molecule has 0 N–H and O–H groups in total. The van der Waals surface area contributed by atoms with E-state index in [0.717, 1.165) is 5.56 Å². The summed E-state index contributed by atoms with van der Waals surface area (Å²) in [5, 5.41) is 0. The van der Waals surface area contributed by atoms with Gasteiger partial charge in [-0.25, -0.2) is 0 Å². The summed E-state index contributed by atoms with van der Waals surface area (Å²) in [5.74, 6) is 0. The molecule has 3 heteroatoms. The van der Waals surface area contributed by atoms with Gasteiger partial charge in [-0.1, -0.05) is 6.08 Å². The summed E-state index contributed by atoms with van der Waals surface area (Å²) in [6.07, 6.45) is 3.52. The monoisotopic (exact) mass is 227 g/mol. The number of allylic oxidation sites excluding steroid dienone is 1. The zero-order valence-electron chi connectivity index (χ0n) is 6.88. The van der Waals surface area contributed by atoms with E-state index in [1.54, 1.807) is 10.6 Å².